The van der Waals surface area contributed by atoms with E-state index in [4.69, 9.17) is 9.47 Å². The second-order valence-corrected chi connectivity index (χ2v) is 6.73. The van der Waals surface area contributed by atoms with Crippen molar-refractivity contribution in [3.05, 3.63) is 0 Å². The van der Waals surface area contributed by atoms with Gasteiger partial charge in [0, 0.05) is 12.8 Å². The minimum atomic E-state index is -0.689. The lowest BCUT2D eigenvalue weighted by Crippen LogP contribution is -2.49. The lowest BCUT2D eigenvalue weighted by atomic mass is 9.71. The van der Waals surface area contributed by atoms with Crippen molar-refractivity contribution in [1.82, 2.24) is 0 Å². The topological polar surface area (TPSA) is 72.8 Å². The highest BCUT2D eigenvalue weighted by molar-refractivity contribution is 5.73. The Morgan fingerprint density at radius 1 is 1.15 bits per heavy atom. The third-order valence-corrected chi connectivity index (χ3v) is 3.81. The maximum absolute atomic E-state index is 12.2. The third-order valence-electron chi connectivity index (χ3n) is 3.81. The number of hydrogen-bond acceptors (Lipinski definition) is 5. The molecule has 0 bridgehead atoms. The molecule has 20 heavy (non-hydrogen) atoms. The largest absolute Gasteiger partial charge is 0.462 e. The molecule has 1 aliphatic carbocycles. The van der Waals surface area contributed by atoms with E-state index in [0.29, 0.717) is 6.42 Å². The van der Waals surface area contributed by atoms with Gasteiger partial charge in [-0.2, -0.15) is 0 Å². The molecule has 0 spiro atoms. The number of aliphatic hydroxyl groups is 1. The van der Waals surface area contributed by atoms with Gasteiger partial charge in [0.15, 0.2) is 0 Å². The number of carbonyl (C=O) groups is 2. The molecule has 1 saturated carbocycles. The fourth-order valence-electron chi connectivity index (χ4n) is 2.67. The van der Waals surface area contributed by atoms with E-state index in [-0.39, 0.29) is 17.8 Å². The molecule has 0 aliphatic heterocycles. The summed E-state index contributed by atoms with van der Waals surface area (Å²) in [4.78, 5) is 23.4. The Morgan fingerprint density at radius 3 is 2.15 bits per heavy atom. The van der Waals surface area contributed by atoms with Crippen molar-refractivity contribution in [1.29, 1.82) is 0 Å². The Morgan fingerprint density at radius 2 is 1.70 bits per heavy atom. The molecule has 5 heteroatoms. The van der Waals surface area contributed by atoms with E-state index < -0.39 is 29.7 Å². The summed E-state index contributed by atoms with van der Waals surface area (Å²) in [6.07, 6.45) is -0.740. The molecule has 0 aromatic rings. The van der Waals surface area contributed by atoms with Crippen molar-refractivity contribution in [2.45, 2.75) is 65.8 Å². The van der Waals surface area contributed by atoms with Crippen molar-refractivity contribution in [3.63, 3.8) is 0 Å². The average Bonchev–Trinajstić information content (AvgIpc) is 2.27. The molecule has 0 unspecified atom stereocenters. The van der Waals surface area contributed by atoms with Crippen LogP contribution in [-0.4, -0.2) is 34.9 Å². The maximum Gasteiger partial charge on any atom is 0.309 e. The Bertz CT molecular complexity index is 371. The Labute approximate surface area is 120 Å². The van der Waals surface area contributed by atoms with Crippen LogP contribution in [0.2, 0.25) is 0 Å². The smallest absolute Gasteiger partial charge is 0.309 e. The van der Waals surface area contributed by atoms with Crippen LogP contribution in [-0.2, 0) is 19.1 Å². The molecular weight excluding hydrogens is 260 g/mol. The van der Waals surface area contributed by atoms with Crippen LogP contribution in [0.15, 0.2) is 0 Å². The summed E-state index contributed by atoms with van der Waals surface area (Å²) in [6, 6.07) is 0. The van der Waals surface area contributed by atoms with Crippen molar-refractivity contribution in [2.24, 2.45) is 17.8 Å². The van der Waals surface area contributed by atoms with Crippen LogP contribution in [0.3, 0.4) is 0 Å². The molecule has 0 saturated heterocycles. The predicted molar refractivity (Wildman–Crippen MR) is 73.8 cm³/mol. The molecule has 1 aliphatic rings. The fourth-order valence-corrected chi connectivity index (χ4v) is 2.67. The molecule has 0 aromatic heterocycles. The third kappa shape index (κ3) is 4.20. The first kappa shape index (κ1) is 17.0. The molecule has 1 rings (SSSR count). The Balaban J connectivity index is 2.84. The van der Waals surface area contributed by atoms with Crippen LogP contribution in [0, 0.1) is 17.8 Å². The maximum atomic E-state index is 12.2. The molecule has 116 valence electrons. The average molecular weight is 286 g/mol. The highest BCUT2D eigenvalue weighted by Gasteiger charge is 2.45. The number of hydrogen-bond donors (Lipinski definition) is 1. The molecule has 0 amide bonds. The van der Waals surface area contributed by atoms with Gasteiger partial charge < -0.3 is 14.6 Å². The van der Waals surface area contributed by atoms with E-state index in [1.54, 1.807) is 20.8 Å². The summed E-state index contributed by atoms with van der Waals surface area (Å²) < 4.78 is 10.6. The van der Waals surface area contributed by atoms with Crippen molar-refractivity contribution in [3.8, 4) is 0 Å². The number of esters is 2. The molecular formula is C15H26O5. The van der Waals surface area contributed by atoms with Gasteiger partial charge in [-0.05, 0) is 33.1 Å². The molecule has 1 N–H and O–H groups in total. The first-order valence-corrected chi connectivity index (χ1v) is 7.11. The lowest BCUT2D eigenvalue weighted by molar-refractivity contribution is -0.178. The molecule has 5 atom stereocenters. The summed E-state index contributed by atoms with van der Waals surface area (Å²) in [5, 5.41) is 10.2. The molecule has 0 heterocycles. The van der Waals surface area contributed by atoms with Crippen LogP contribution in [0.5, 0.6) is 0 Å². The van der Waals surface area contributed by atoms with Crippen LogP contribution >= 0.6 is 0 Å². The van der Waals surface area contributed by atoms with Gasteiger partial charge in [0.1, 0.15) is 11.7 Å². The SMILES string of the molecule is CC(=O)O[C@H]1C[C@@H](C(=O)OC(C)(C)C)[C@@H](C)[C@H](O)[C@H]1C. The molecule has 0 aromatic carbocycles. The van der Waals surface area contributed by atoms with Gasteiger partial charge >= 0.3 is 11.9 Å². The normalized spacial score (nSPS) is 34.5. The zero-order valence-electron chi connectivity index (χ0n) is 13.2. The second-order valence-electron chi connectivity index (χ2n) is 6.73. The zero-order chi connectivity index (χ0) is 15.7. The van der Waals surface area contributed by atoms with Crippen molar-refractivity contribution >= 4 is 11.9 Å². The van der Waals surface area contributed by atoms with Crippen LogP contribution in [0.1, 0.15) is 48.0 Å². The predicted octanol–water partition coefficient (Wildman–Crippen LogP) is 1.91. The molecule has 5 nitrogen and oxygen atoms in total. The monoisotopic (exact) mass is 286 g/mol. The van der Waals surface area contributed by atoms with E-state index in [2.05, 4.69) is 0 Å². The van der Waals surface area contributed by atoms with Gasteiger partial charge in [0.25, 0.3) is 0 Å². The first-order chi connectivity index (χ1) is 9.03. The van der Waals surface area contributed by atoms with Gasteiger partial charge in [-0.25, -0.2) is 0 Å². The minimum Gasteiger partial charge on any atom is -0.462 e. The van der Waals surface area contributed by atoms with Gasteiger partial charge in [-0.15, -0.1) is 0 Å². The van der Waals surface area contributed by atoms with Gasteiger partial charge in [-0.3, -0.25) is 9.59 Å². The number of carbonyl (C=O) groups excluding carboxylic acids is 2. The van der Waals surface area contributed by atoms with Gasteiger partial charge in [-0.1, -0.05) is 13.8 Å². The highest BCUT2D eigenvalue weighted by Crippen LogP contribution is 2.37. The first-order valence-electron chi connectivity index (χ1n) is 7.11. The quantitative estimate of drug-likeness (QED) is 0.785. The summed E-state index contributed by atoms with van der Waals surface area (Å²) in [6.45, 7) is 10.4. The van der Waals surface area contributed by atoms with E-state index in [0.717, 1.165) is 0 Å². The van der Waals surface area contributed by atoms with Crippen LogP contribution in [0.25, 0.3) is 0 Å². The summed E-state index contributed by atoms with van der Waals surface area (Å²) in [5.74, 6) is -1.59. The lowest BCUT2D eigenvalue weighted by Gasteiger charge is -2.41. The van der Waals surface area contributed by atoms with E-state index in [1.807, 2.05) is 13.8 Å². The summed E-state index contributed by atoms with van der Waals surface area (Å²) in [7, 11) is 0. The summed E-state index contributed by atoms with van der Waals surface area (Å²) in [5.41, 5.74) is -0.568. The Kier molecular flexibility index (Phi) is 5.19. The zero-order valence-corrected chi connectivity index (χ0v) is 13.2. The number of aliphatic hydroxyl groups excluding tert-OH is 1. The standard InChI is InChI=1S/C15H26O5/c1-8-11(14(18)20-15(4,5)6)7-12(19-10(3)16)9(2)13(8)17/h8-9,11-13,17H,7H2,1-6H3/t8-,9+,11-,12+,13+/m1/s1. The minimum absolute atomic E-state index is 0.187. The summed E-state index contributed by atoms with van der Waals surface area (Å²) >= 11 is 0. The number of ether oxygens (including phenoxy) is 2. The Hall–Kier alpha value is -1.10. The van der Waals surface area contributed by atoms with E-state index >= 15 is 0 Å². The molecule has 1 fully saturated rings. The van der Waals surface area contributed by atoms with E-state index in [1.165, 1.54) is 6.92 Å². The van der Waals surface area contributed by atoms with Crippen LogP contribution in [0.4, 0.5) is 0 Å². The van der Waals surface area contributed by atoms with E-state index in [9.17, 15) is 14.7 Å². The van der Waals surface area contributed by atoms with Crippen molar-refractivity contribution < 1.29 is 24.2 Å². The van der Waals surface area contributed by atoms with Gasteiger partial charge in [0.2, 0.25) is 0 Å². The van der Waals surface area contributed by atoms with Crippen LogP contribution < -0.4 is 0 Å². The van der Waals surface area contributed by atoms with Gasteiger partial charge in [0.05, 0.1) is 12.0 Å². The molecule has 0 radical (unpaired) electrons. The number of rotatable bonds is 2. The second kappa shape index (κ2) is 6.12. The highest BCUT2D eigenvalue weighted by atomic mass is 16.6. The fraction of sp³-hybridized carbons (Fsp3) is 0.867. The van der Waals surface area contributed by atoms with Crippen molar-refractivity contribution in [2.75, 3.05) is 0 Å².